The van der Waals surface area contributed by atoms with E-state index in [9.17, 15) is 36.5 Å². The lowest BCUT2D eigenvalue weighted by Gasteiger charge is -2.10. The molecule has 1 aliphatic rings. The van der Waals surface area contributed by atoms with Crippen LogP contribution in [0.15, 0.2) is 46.3 Å². The fraction of sp³-hybridized carbons (Fsp3) is 0.211. The molecule has 0 saturated heterocycles. The van der Waals surface area contributed by atoms with Gasteiger partial charge in [0.25, 0.3) is 5.69 Å². The van der Waals surface area contributed by atoms with Gasteiger partial charge in [-0.1, -0.05) is 0 Å². The molecule has 0 fully saturated rings. The summed E-state index contributed by atoms with van der Waals surface area (Å²) in [7, 11) is -4.84. The molecule has 34 heavy (non-hydrogen) atoms. The van der Waals surface area contributed by atoms with Gasteiger partial charge in [0.05, 0.1) is 20.7 Å². The molecular weight excluding hydrogens is 519 g/mol. The van der Waals surface area contributed by atoms with Gasteiger partial charge < -0.3 is 4.18 Å². The highest BCUT2D eigenvalue weighted by Gasteiger charge is 2.36. The van der Waals surface area contributed by atoms with Crippen LogP contribution in [-0.4, -0.2) is 40.9 Å². The van der Waals surface area contributed by atoms with E-state index in [1.54, 1.807) is 0 Å². The van der Waals surface area contributed by atoms with Crippen molar-refractivity contribution < 1.29 is 35.5 Å². The summed E-state index contributed by atoms with van der Waals surface area (Å²) < 4.78 is 69.5. The van der Waals surface area contributed by atoms with Crippen molar-refractivity contribution in [3.63, 3.8) is 0 Å². The van der Waals surface area contributed by atoms with Crippen molar-refractivity contribution in [2.75, 3.05) is 5.75 Å². The summed E-state index contributed by atoms with van der Waals surface area (Å²) >= 11 is 2.55. The fourth-order valence-corrected chi connectivity index (χ4v) is 6.22. The number of rotatable bonds is 6. The molecule has 0 bridgehead atoms. The number of halogens is 3. The number of benzene rings is 2. The van der Waals surface area contributed by atoms with Crippen LogP contribution < -0.4 is 4.18 Å². The number of hydrogen-bond acceptors (Lipinski definition) is 10. The minimum Gasteiger partial charge on any atom is -0.379 e. The molecule has 1 aliphatic heterocycles. The van der Waals surface area contributed by atoms with Crippen molar-refractivity contribution >= 4 is 59.9 Å². The van der Waals surface area contributed by atoms with Gasteiger partial charge in [0.1, 0.15) is 21.8 Å². The van der Waals surface area contributed by atoms with Crippen LogP contribution in [0.5, 0.6) is 5.75 Å². The van der Waals surface area contributed by atoms with E-state index in [1.165, 1.54) is 48.2 Å². The standard InChI is InChI=1S/C19H12F3N3O6S3/c1-9(26)13-8-32-17(24-13)18-23-12-4-3-11(7-15(12)33-18)31-34(29,30)16-5-2-10(19(20,21)22)6-14(16)25(27)28/h2-7,13H,8H2,1H3. The number of aliphatic imine (C=N–C) groups is 1. The summed E-state index contributed by atoms with van der Waals surface area (Å²) in [5.74, 6) is 0.223. The third-order valence-electron chi connectivity index (χ3n) is 4.62. The minimum atomic E-state index is -4.89. The number of carbonyl (C=O) groups is 1. The van der Waals surface area contributed by atoms with E-state index in [4.69, 9.17) is 4.18 Å². The van der Waals surface area contributed by atoms with Crippen LogP contribution in [0.3, 0.4) is 0 Å². The molecule has 9 nitrogen and oxygen atoms in total. The highest BCUT2D eigenvalue weighted by atomic mass is 32.2. The lowest BCUT2D eigenvalue weighted by atomic mass is 10.2. The van der Waals surface area contributed by atoms with Crippen LogP contribution in [0.2, 0.25) is 0 Å². The van der Waals surface area contributed by atoms with Crippen LogP contribution in [0.25, 0.3) is 10.2 Å². The van der Waals surface area contributed by atoms with Crippen molar-refractivity contribution in [3.05, 3.63) is 57.1 Å². The van der Waals surface area contributed by atoms with Gasteiger partial charge in [-0.15, -0.1) is 23.1 Å². The number of nitro groups is 1. The second kappa shape index (κ2) is 8.63. The average Bonchev–Trinajstić information content (AvgIpc) is 3.39. The van der Waals surface area contributed by atoms with Gasteiger partial charge in [0.15, 0.2) is 10.7 Å². The topological polar surface area (TPSA) is 129 Å². The molecule has 4 rings (SSSR count). The average molecular weight is 532 g/mol. The first-order chi connectivity index (χ1) is 15.8. The molecular formula is C19H12F3N3O6S3. The molecule has 0 saturated carbocycles. The maximum Gasteiger partial charge on any atom is 0.416 e. The predicted octanol–water partition coefficient (Wildman–Crippen LogP) is 4.44. The van der Waals surface area contributed by atoms with Crippen molar-refractivity contribution in [2.24, 2.45) is 4.99 Å². The molecule has 1 aromatic heterocycles. The molecule has 0 amide bonds. The van der Waals surface area contributed by atoms with Gasteiger partial charge in [-0.05, 0) is 31.2 Å². The molecule has 178 valence electrons. The molecule has 2 heterocycles. The number of Topliss-reactive ketones (excluding diaryl/α,β-unsaturated/α-hetero) is 1. The summed E-state index contributed by atoms with van der Waals surface area (Å²) in [4.78, 5) is 29.3. The highest BCUT2D eigenvalue weighted by molar-refractivity contribution is 8.15. The third-order valence-corrected chi connectivity index (χ3v) is 8.13. The van der Waals surface area contributed by atoms with E-state index in [1.807, 2.05) is 0 Å². The lowest BCUT2D eigenvalue weighted by Crippen LogP contribution is -2.14. The van der Waals surface area contributed by atoms with Crippen LogP contribution in [-0.2, 0) is 21.1 Å². The van der Waals surface area contributed by atoms with Gasteiger partial charge >= 0.3 is 16.3 Å². The molecule has 15 heteroatoms. The Hall–Kier alpha value is -3.04. The zero-order valence-electron chi connectivity index (χ0n) is 16.9. The first kappa shape index (κ1) is 24.1. The third kappa shape index (κ3) is 4.76. The van der Waals surface area contributed by atoms with Crippen LogP contribution in [0.4, 0.5) is 18.9 Å². The number of thioether (sulfide) groups is 1. The second-order valence-corrected chi connectivity index (χ2v) is 10.5. The van der Waals surface area contributed by atoms with Gasteiger partial charge in [-0.25, -0.2) is 4.98 Å². The van der Waals surface area contributed by atoms with Gasteiger partial charge in [0, 0.05) is 17.9 Å². The molecule has 1 unspecified atom stereocenters. The SMILES string of the molecule is CC(=O)C1CSC(c2nc3ccc(OS(=O)(=O)c4ccc(C(F)(F)F)cc4[N+](=O)[O-])cc3s2)=N1. The Balaban J connectivity index is 1.65. The van der Waals surface area contributed by atoms with Gasteiger partial charge in [0.2, 0.25) is 0 Å². The Morgan fingerprint density at radius 1 is 1.24 bits per heavy atom. The highest BCUT2D eigenvalue weighted by Crippen LogP contribution is 2.36. The second-order valence-electron chi connectivity index (χ2n) is 7.00. The Kier molecular flexibility index (Phi) is 6.12. The Bertz CT molecular complexity index is 1470. The fourth-order valence-electron chi connectivity index (χ4n) is 2.97. The molecule has 0 N–H and O–H groups in total. The number of thiazole rings is 1. The quantitative estimate of drug-likeness (QED) is 0.259. The Morgan fingerprint density at radius 3 is 2.59 bits per heavy atom. The van der Waals surface area contributed by atoms with Crippen molar-refractivity contribution in [2.45, 2.75) is 24.0 Å². The van der Waals surface area contributed by atoms with E-state index in [-0.39, 0.29) is 17.6 Å². The van der Waals surface area contributed by atoms with Crippen molar-refractivity contribution in [1.29, 1.82) is 0 Å². The smallest absolute Gasteiger partial charge is 0.379 e. The first-order valence-corrected chi connectivity index (χ1v) is 12.5. The molecule has 0 aliphatic carbocycles. The van der Waals surface area contributed by atoms with Crippen LogP contribution in [0.1, 0.15) is 17.5 Å². The van der Waals surface area contributed by atoms with Crippen LogP contribution >= 0.6 is 23.1 Å². The summed E-state index contributed by atoms with van der Waals surface area (Å²) in [5.41, 5.74) is -2.12. The zero-order chi connectivity index (χ0) is 24.8. The van der Waals surface area contributed by atoms with Gasteiger partial charge in [-0.2, -0.15) is 21.6 Å². The molecule has 2 aromatic carbocycles. The van der Waals surface area contributed by atoms with E-state index in [2.05, 4.69) is 9.98 Å². The Labute approximate surface area is 197 Å². The largest absolute Gasteiger partial charge is 0.416 e. The molecule has 0 spiro atoms. The number of fused-ring (bicyclic) bond motifs is 1. The number of nitrogens with zero attached hydrogens (tertiary/aromatic N) is 3. The lowest BCUT2D eigenvalue weighted by molar-refractivity contribution is -0.388. The van der Waals surface area contributed by atoms with Crippen LogP contribution in [0, 0.1) is 10.1 Å². The van der Waals surface area contributed by atoms with E-state index >= 15 is 0 Å². The van der Waals surface area contributed by atoms with Crippen molar-refractivity contribution in [1.82, 2.24) is 4.98 Å². The predicted molar refractivity (Wildman–Crippen MR) is 119 cm³/mol. The molecule has 1 atom stereocenters. The van der Waals surface area contributed by atoms with E-state index < -0.39 is 43.4 Å². The van der Waals surface area contributed by atoms with Crippen molar-refractivity contribution in [3.8, 4) is 5.75 Å². The maximum absolute atomic E-state index is 12.9. The number of alkyl halides is 3. The Morgan fingerprint density at radius 2 is 1.97 bits per heavy atom. The number of nitro benzene ring substituents is 1. The first-order valence-electron chi connectivity index (χ1n) is 9.27. The summed E-state index contributed by atoms with van der Waals surface area (Å²) in [6.07, 6.45) is -4.89. The summed E-state index contributed by atoms with van der Waals surface area (Å²) in [5, 5.41) is 12.4. The summed E-state index contributed by atoms with van der Waals surface area (Å²) in [6.45, 7) is 1.45. The van der Waals surface area contributed by atoms with Gasteiger partial charge in [-0.3, -0.25) is 19.9 Å². The normalized spacial score (nSPS) is 16.5. The number of aromatic nitrogens is 1. The number of hydrogen-bond donors (Lipinski definition) is 0. The minimum absolute atomic E-state index is 0.0677. The number of ketones is 1. The summed E-state index contributed by atoms with van der Waals surface area (Å²) in [6, 6.07) is 4.67. The monoisotopic (exact) mass is 531 g/mol. The van der Waals surface area contributed by atoms with E-state index in [0.29, 0.717) is 38.2 Å². The number of carbonyl (C=O) groups excluding carboxylic acids is 1. The zero-order valence-corrected chi connectivity index (χ0v) is 19.3. The molecule has 0 radical (unpaired) electrons. The maximum atomic E-state index is 12.9. The molecule has 3 aromatic rings. The van der Waals surface area contributed by atoms with E-state index in [0.717, 1.165) is 0 Å².